The minimum absolute atomic E-state index is 0.341. The van der Waals surface area contributed by atoms with Gasteiger partial charge in [-0.05, 0) is 72.7 Å². The van der Waals surface area contributed by atoms with Crippen LogP contribution in [0, 0.1) is 17.2 Å². The maximum atomic E-state index is 12.5. The van der Waals surface area contributed by atoms with Crippen molar-refractivity contribution in [3.63, 3.8) is 0 Å². The smallest absolute Gasteiger partial charge is 0.343 e. The van der Waals surface area contributed by atoms with E-state index in [9.17, 15) is 4.79 Å². The highest BCUT2D eigenvalue weighted by Gasteiger charge is 2.20. The Hall–Kier alpha value is -2.60. The van der Waals surface area contributed by atoms with Crippen LogP contribution in [0.2, 0.25) is 0 Å². The molecule has 0 bridgehead atoms. The first-order chi connectivity index (χ1) is 14.2. The summed E-state index contributed by atoms with van der Waals surface area (Å²) in [5, 5.41) is 8.85. The van der Waals surface area contributed by atoms with Gasteiger partial charge in [0.2, 0.25) is 0 Å². The molecular formula is C26H31NO2. The van der Waals surface area contributed by atoms with Crippen molar-refractivity contribution in [1.29, 1.82) is 5.26 Å². The fourth-order valence-electron chi connectivity index (χ4n) is 4.18. The molecule has 2 aromatic carbocycles. The summed E-state index contributed by atoms with van der Waals surface area (Å²) in [6.07, 6.45) is 12.9. The molecule has 3 heteroatoms. The normalized spacial score (nSPS) is 15.4. The summed E-state index contributed by atoms with van der Waals surface area (Å²) in [5.74, 6) is 0.905. The molecule has 2 aromatic rings. The third-order valence-corrected chi connectivity index (χ3v) is 5.93. The Balaban J connectivity index is 1.51. The summed E-state index contributed by atoms with van der Waals surface area (Å²) >= 11 is 0. The predicted octanol–water partition coefficient (Wildman–Crippen LogP) is 6.63. The average Bonchev–Trinajstić information content (AvgIpc) is 2.76. The van der Waals surface area contributed by atoms with Gasteiger partial charge in [0.15, 0.2) is 0 Å². The van der Waals surface area contributed by atoms with Crippen LogP contribution in [0.1, 0.15) is 85.3 Å². The first kappa shape index (κ1) is 21.1. The minimum atomic E-state index is -0.341. The lowest BCUT2D eigenvalue weighted by Gasteiger charge is -2.25. The van der Waals surface area contributed by atoms with Gasteiger partial charge in [-0.3, -0.25) is 0 Å². The molecule has 0 amide bonds. The summed E-state index contributed by atoms with van der Waals surface area (Å²) in [4.78, 5) is 12.5. The number of unbranched alkanes of at least 4 members (excludes halogenated alkanes) is 5. The van der Waals surface area contributed by atoms with Crippen LogP contribution in [-0.2, 0) is 12.8 Å². The summed E-state index contributed by atoms with van der Waals surface area (Å²) in [7, 11) is 0. The highest BCUT2D eigenvalue weighted by atomic mass is 16.5. The lowest BCUT2D eigenvalue weighted by Crippen LogP contribution is -2.16. The Labute approximate surface area is 174 Å². The molecule has 3 nitrogen and oxygen atoms in total. The molecule has 0 heterocycles. The molecule has 29 heavy (non-hydrogen) atoms. The van der Waals surface area contributed by atoms with Crippen molar-refractivity contribution in [3.8, 4) is 11.8 Å². The van der Waals surface area contributed by atoms with Crippen LogP contribution in [0.15, 0.2) is 42.5 Å². The van der Waals surface area contributed by atoms with Crippen LogP contribution in [0.5, 0.6) is 5.75 Å². The fraction of sp³-hybridized carbons (Fsp3) is 0.462. The lowest BCUT2D eigenvalue weighted by atomic mass is 9.81. The van der Waals surface area contributed by atoms with E-state index in [1.54, 1.807) is 24.3 Å². The quantitative estimate of drug-likeness (QED) is 0.275. The minimum Gasteiger partial charge on any atom is -0.423 e. The number of hydrogen-bond donors (Lipinski definition) is 0. The standard InChI is InChI=1S/C26H31NO2/c1-2-3-4-5-6-7-8-20-9-12-23-18-24(14-13-22(23)17-20)26(28)29-25-15-10-21(19-27)11-16-25/h10-11,13-16,18,20H,2-9,12,17H2,1H3. The maximum Gasteiger partial charge on any atom is 0.343 e. The van der Waals surface area contributed by atoms with E-state index in [1.807, 2.05) is 12.1 Å². The number of carbonyl (C=O) groups is 1. The van der Waals surface area contributed by atoms with E-state index < -0.39 is 0 Å². The van der Waals surface area contributed by atoms with Gasteiger partial charge >= 0.3 is 5.97 Å². The van der Waals surface area contributed by atoms with E-state index in [-0.39, 0.29) is 5.97 Å². The summed E-state index contributed by atoms with van der Waals surface area (Å²) in [5.41, 5.74) is 3.83. The molecule has 1 unspecified atom stereocenters. The van der Waals surface area contributed by atoms with Gasteiger partial charge in [0.05, 0.1) is 17.2 Å². The Morgan fingerprint density at radius 1 is 1.03 bits per heavy atom. The van der Waals surface area contributed by atoms with Gasteiger partial charge in [-0.15, -0.1) is 0 Å². The lowest BCUT2D eigenvalue weighted by molar-refractivity contribution is 0.0734. The summed E-state index contributed by atoms with van der Waals surface area (Å²) in [6.45, 7) is 2.26. The number of aryl methyl sites for hydroxylation is 1. The number of rotatable bonds is 9. The van der Waals surface area contributed by atoms with Crippen molar-refractivity contribution >= 4 is 5.97 Å². The molecule has 0 fully saturated rings. The number of esters is 1. The monoisotopic (exact) mass is 389 g/mol. The molecule has 0 saturated carbocycles. The molecule has 1 atom stereocenters. The van der Waals surface area contributed by atoms with Gasteiger partial charge in [0, 0.05) is 0 Å². The maximum absolute atomic E-state index is 12.5. The van der Waals surface area contributed by atoms with E-state index in [1.165, 1.54) is 62.5 Å². The molecule has 0 N–H and O–H groups in total. The van der Waals surface area contributed by atoms with Gasteiger partial charge < -0.3 is 4.74 Å². The number of nitriles is 1. The van der Waals surface area contributed by atoms with Crippen molar-refractivity contribution < 1.29 is 9.53 Å². The Morgan fingerprint density at radius 2 is 1.79 bits per heavy atom. The van der Waals surface area contributed by atoms with Crippen molar-refractivity contribution in [2.75, 3.05) is 0 Å². The average molecular weight is 390 g/mol. The van der Waals surface area contributed by atoms with E-state index in [0.29, 0.717) is 16.9 Å². The van der Waals surface area contributed by atoms with Crippen LogP contribution in [0.25, 0.3) is 0 Å². The Kier molecular flexibility index (Phi) is 7.87. The largest absolute Gasteiger partial charge is 0.423 e. The van der Waals surface area contributed by atoms with Gasteiger partial charge in [0.25, 0.3) is 0 Å². The van der Waals surface area contributed by atoms with Crippen LogP contribution in [0.3, 0.4) is 0 Å². The highest BCUT2D eigenvalue weighted by molar-refractivity contribution is 5.91. The molecular weight excluding hydrogens is 358 g/mol. The molecule has 0 aromatic heterocycles. The molecule has 1 aliphatic carbocycles. The molecule has 0 aliphatic heterocycles. The zero-order valence-electron chi connectivity index (χ0n) is 17.5. The Morgan fingerprint density at radius 3 is 2.55 bits per heavy atom. The highest BCUT2D eigenvalue weighted by Crippen LogP contribution is 2.30. The van der Waals surface area contributed by atoms with Crippen molar-refractivity contribution in [1.82, 2.24) is 0 Å². The number of benzene rings is 2. The van der Waals surface area contributed by atoms with Crippen LogP contribution in [0.4, 0.5) is 0 Å². The van der Waals surface area contributed by atoms with E-state index in [4.69, 9.17) is 10.00 Å². The SMILES string of the molecule is CCCCCCCCC1CCc2cc(C(=O)Oc3ccc(C#N)cc3)ccc2C1. The van der Waals surface area contributed by atoms with E-state index >= 15 is 0 Å². The van der Waals surface area contributed by atoms with Gasteiger partial charge in [-0.25, -0.2) is 4.79 Å². The summed E-state index contributed by atoms with van der Waals surface area (Å²) < 4.78 is 5.46. The fourth-order valence-corrected chi connectivity index (χ4v) is 4.18. The number of ether oxygens (including phenoxy) is 1. The van der Waals surface area contributed by atoms with E-state index in [0.717, 1.165) is 18.8 Å². The zero-order valence-corrected chi connectivity index (χ0v) is 17.5. The Bertz CT molecular complexity index is 848. The predicted molar refractivity (Wildman–Crippen MR) is 116 cm³/mol. The van der Waals surface area contributed by atoms with Gasteiger partial charge in [-0.2, -0.15) is 5.26 Å². The van der Waals surface area contributed by atoms with Gasteiger partial charge in [0.1, 0.15) is 5.75 Å². The summed E-state index contributed by atoms with van der Waals surface area (Å²) in [6, 6.07) is 14.7. The van der Waals surface area contributed by atoms with Crippen molar-refractivity contribution in [2.24, 2.45) is 5.92 Å². The molecule has 0 radical (unpaired) electrons. The van der Waals surface area contributed by atoms with Crippen LogP contribution < -0.4 is 4.74 Å². The van der Waals surface area contributed by atoms with Crippen molar-refractivity contribution in [2.45, 2.75) is 71.1 Å². The first-order valence-corrected chi connectivity index (χ1v) is 11.0. The third-order valence-electron chi connectivity index (χ3n) is 5.93. The molecule has 1 aliphatic rings. The van der Waals surface area contributed by atoms with Crippen LogP contribution in [-0.4, -0.2) is 5.97 Å². The second-order valence-corrected chi connectivity index (χ2v) is 8.17. The number of carbonyl (C=O) groups excluding carboxylic acids is 1. The van der Waals surface area contributed by atoms with Crippen molar-refractivity contribution in [3.05, 3.63) is 64.7 Å². The molecule has 152 valence electrons. The molecule has 0 spiro atoms. The molecule has 0 saturated heterocycles. The van der Waals surface area contributed by atoms with E-state index in [2.05, 4.69) is 19.1 Å². The number of nitrogens with zero attached hydrogens (tertiary/aromatic N) is 1. The van der Waals surface area contributed by atoms with Gasteiger partial charge in [-0.1, -0.05) is 57.9 Å². The van der Waals surface area contributed by atoms with Crippen LogP contribution >= 0.6 is 0 Å². The third kappa shape index (κ3) is 6.19. The topological polar surface area (TPSA) is 50.1 Å². The number of fused-ring (bicyclic) bond motifs is 1. The molecule has 3 rings (SSSR count). The first-order valence-electron chi connectivity index (χ1n) is 11.0. The second-order valence-electron chi connectivity index (χ2n) is 8.17. The second kappa shape index (κ2) is 10.8. The zero-order chi connectivity index (χ0) is 20.5. The number of hydrogen-bond acceptors (Lipinski definition) is 3.